The third-order valence-corrected chi connectivity index (χ3v) is 1.99. The predicted molar refractivity (Wildman–Crippen MR) is 53.1 cm³/mol. The van der Waals surface area contributed by atoms with Gasteiger partial charge in [0, 0.05) is 13.1 Å². The Balaban J connectivity index is 2.58. The fourth-order valence-electron chi connectivity index (χ4n) is 1.24. The van der Waals surface area contributed by atoms with Crippen molar-refractivity contribution in [3.05, 3.63) is 0 Å². The molecule has 4 heteroatoms. The van der Waals surface area contributed by atoms with E-state index >= 15 is 0 Å². The zero-order valence-corrected chi connectivity index (χ0v) is 9.35. The van der Waals surface area contributed by atoms with Crippen molar-refractivity contribution in [2.45, 2.75) is 38.9 Å². The van der Waals surface area contributed by atoms with Crippen molar-refractivity contribution in [3.8, 4) is 0 Å². The Hall–Kier alpha value is -0.610. The van der Waals surface area contributed by atoms with Crippen LogP contribution in [-0.4, -0.2) is 36.9 Å². The highest BCUT2D eigenvalue weighted by Crippen LogP contribution is 2.18. The maximum atomic E-state index is 11.7. The normalized spacial score (nSPS) is 28.6. The molecule has 1 aliphatic rings. The molecule has 1 atom stereocenters. The minimum atomic E-state index is -0.828. The van der Waals surface area contributed by atoms with Crippen LogP contribution in [-0.2, 0) is 14.3 Å². The van der Waals surface area contributed by atoms with Crippen molar-refractivity contribution >= 4 is 5.97 Å². The summed E-state index contributed by atoms with van der Waals surface area (Å²) in [7, 11) is 0. The van der Waals surface area contributed by atoms with E-state index < -0.39 is 11.2 Å². The van der Waals surface area contributed by atoms with Gasteiger partial charge < -0.3 is 14.8 Å². The zero-order chi connectivity index (χ0) is 10.8. The molecule has 1 fully saturated rings. The Morgan fingerprint density at radius 3 is 2.57 bits per heavy atom. The first-order valence-corrected chi connectivity index (χ1v) is 4.92. The Labute approximate surface area is 85.0 Å². The van der Waals surface area contributed by atoms with Crippen LogP contribution in [0, 0.1) is 0 Å². The van der Waals surface area contributed by atoms with Crippen LogP contribution in [0.15, 0.2) is 0 Å². The number of ether oxygens (including phenoxy) is 2. The summed E-state index contributed by atoms with van der Waals surface area (Å²) in [5.41, 5.74) is -1.29. The topological polar surface area (TPSA) is 47.6 Å². The van der Waals surface area contributed by atoms with Crippen LogP contribution in [0.3, 0.4) is 0 Å². The van der Waals surface area contributed by atoms with Gasteiger partial charge in [-0.25, -0.2) is 4.79 Å². The van der Waals surface area contributed by atoms with Gasteiger partial charge in [0.1, 0.15) is 5.60 Å². The molecule has 0 aromatic rings. The Bertz CT molecular complexity index is 214. The number of hydrogen-bond donors (Lipinski definition) is 1. The van der Waals surface area contributed by atoms with Crippen LogP contribution in [0.1, 0.15) is 27.7 Å². The fraction of sp³-hybridized carbons (Fsp3) is 0.900. The molecule has 0 saturated carbocycles. The first-order valence-electron chi connectivity index (χ1n) is 4.92. The molecule has 1 aliphatic heterocycles. The molecule has 1 N–H and O–H groups in total. The molecular weight excluding hydrogens is 182 g/mol. The van der Waals surface area contributed by atoms with E-state index in [0.717, 1.165) is 6.54 Å². The van der Waals surface area contributed by atoms with Crippen molar-refractivity contribution in [2.24, 2.45) is 0 Å². The van der Waals surface area contributed by atoms with Gasteiger partial charge in [0.15, 0.2) is 5.60 Å². The number of morpholine rings is 1. The lowest BCUT2D eigenvalue weighted by atomic mass is 10.1. The van der Waals surface area contributed by atoms with Crippen molar-refractivity contribution in [1.29, 1.82) is 0 Å². The third-order valence-electron chi connectivity index (χ3n) is 1.99. The molecule has 0 amide bonds. The molecule has 1 heterocycles. The highest BCUT2D eigenvalue weighted by atomic mass is 16.6. The number of hydrogen-bond acceptors (Lipinski definition) is 4. The van der Waals surface area contributed by atoms with Gasteiger partial charge in [-0.2, -0.15) is 0 Å². The Kier molecular flexibility index (Phi) is 3.17. The van der Waals surface area contributed by atoms with Crippen molar-refractivity contribution in [1.82, 2.24) is 5.32 Å². The number of carbonyl (C=O) groups excluding carboxylic acids is 1. The molecule has 82 valence electrons. The van der Waals surface area contributed by atoms with Crippen LogP contribution in [0.5, 0.6) is 0 Å². The monoisotopic (exact) mass is 201 g/mol. The predicted octanol–water partition coefficient (Wildman–Crippen LogP) is 0.707. The summed E-state index contributed by atoms with van der Waals surface area (Å²) >= 11 is 0. The number of carbonyl (C=O) groups is 1. The van der Waals surface area contributed by atoms with Crippen molar-refractivity contribution < 1.29 is 14.3 Å². The Morgan fingerprint density at radius 1 is 1.50 bits per heavy atom. The van der Waals surface area contributed by atoms with Crippen LogP contribution in [0.25, 0.3) is 0 Å². The first kappa shape index (κ1) is 11.5. The molecule has 14 heavy (non-hydrogen) atoms. The van der Waals surface area contributed by atoms with Crippen LogP contribution >= 0.6 is 0 Å². The average molecular weight is 201 g/mol. The van der Waals surface area contributed by atoms with Gasteiger partial charge in [0.2, 0.25) is 0 Å². The van der Waals surface area contributed by atoms with Crippen molar-refractivity contribution in [3.63, 3.8) is 0 Å². The first-order chi connectivity index (χ1) is 6.33. The van der Waals surface area contributed by atoms with Gasteiger partial charge in [-0.1, -0.05) is 0 Å². The maximum absolute atomic E-state index is 11.7. The summed E-state index contributed by atoms with van der Waals surface area (Å²) in [4.78, 5) is 11.7. The molecule has 1 rings (SSSR count). The molecule has 0 aromatic carbocycles. The lowest BCUT2D eigenvalue weighted by Gasteiger charge is -2.34. The molecule has 0 bridgehead atoms. The molecule has 0 aromatic heterocycles. The van der Waals surface area contributed by atoms with Gasteiger partial charge >= 0.3 is 5.97 Å². The lowest BCUT2D eigenvalue weighted by Crippen LogP contribution is -2.54. The SMILES string of the molecule is CC(C)(C)OC(=O)C1(C)CNCCO1. The van der Waals surface area contributed by atoms with E-state index in [1.54, 1.807) is 6.92 Å². The second kappa shape index (κ2) is 3.87. The summed E-state index contributed by atoms with van der Waals surface area (Å²) < 4.78 is 10.7. The average Bonchev–Trinajstić information content (AvgIpc) is 2.02. The highest BCUT2D eigenvalue weighted by Gasteiger charge is 2.39. The summed E-state index contributed by atoms with van der Waals surface area (Å²) in [5.74, 6) is -0.294. The smallest absolute Gasteiger partial charge is 0.339 e. The second-order valence-corrected chi connectivity index (χ2v) is 4.76. The van der Waals surface area contributed by atoms with E-state index in [1.807, 2.05) is 20.8 Å². The quantitative estimate of drug-likeness (QED) is 0.635. The van der Waals surface area contributed by atoms with Gasteiger partial charge in [-0.05, 0) is 27.7 Å². The number of rotatable bonds is 1. The zero-order valence-electron chi connectivity index (χ0n) is 9.35. The lowest BCUT2D eigenvalue weighted by molar-refractivity contribution is -0.184. The summed E-state index contributed by atoms with van der Waals surface area (Å²) in [6.07, 6.45) is 0. The van der Waals surface area contributed by atoms with Crippen LogP contribution < -0.4 is 5.32 Å². The maximum Gasteiger partial charge on any atom is 0.339 e. The van der Waals surface area contributed by atoms with E-state index in [1.165, 1.54) is 0 Å². The highest BCUT2D eigenvalue weighted by molar-refractivity contribution is 5.80. The molecule has 0 radical (unpaired) electrons. The second-order valence-electron chi connectivity index (χ2n) is 4.76. The third kappa shape index (κ3) is 2.96. The van der Waals surface area contributed by atoms with Gasteiger partial charge in [-0.15, -0.1) is 0 Å². The van der Waals surface area contributed by atoms with Crippen LogP contribution in [0.4, 0.5) is 0 Å². The summed E-state index contributed by atoms with van der Waals surface area (Å²) in [5, 5.41) is 3.12. The number of nitrogens with one attached hydrogen (secondary N) is 1. The molecular formula is C10H19NO3. The largest absolute Gasteiger partial charge is 0.458 e. The van der Waals surface area contributed by atoms with E-state index in [0.29, 0.717) is 13.2 Å². The minimum Gasteiger partial charge on any atom is -0.458 e. The van der Waals surface area contributed by atoms with Gasteiger partial charge in [-0.3, -0.25) is 0 Å². The standard InChI is InChI=1S/C10H19NO3/c1-9(2,3)14-8(12)10(4)7-11-5-6-13-10/h11H,5-7H2,1-4H3. The molecule has 1 unspecified atom stereocenters. The van der Waals surface area contributed by atoms with Crippen molar-refractivity contribution in [2.75, 3.05) is 19.7 Å². The fourth-order valence-corrected chi connectivity index (χ4v) is 1.24. The number of esters is 1. The van der Waals surface area contributed by atoms with E-state index in [9.17, 15) is 4.79 Å². The van der Waals surface area contributed by atoms with Gasteiger partial charge in [0.25, 0.3) is 0 Å². The van der Waals surface area contributed by atoms with E-state index in [2.05, 4.69) is 5.32 Å². The summed E-state index contributed by atoms with van der Waals surface area (Å²) in [6, 6.07) is 0. The van der Waals surface area contributed by atoms with E-state index in [-0.39, 0.29) is 5.97 Å². The minimum absolute atomic E-state index is 0.294. The molecule has 1 saturated heterocycles. The summed E-state index contributed by atoms with van der Waals surface area (Å²) in [6.45, 7) is 9.17. The molecule has 4 nitrogen and oxygen atoms in total. The van der Waals surface area contributed by atoms with Gasteiger partial charge in [0.05, 0.1) is 6.61 Å². The van der Waals surface area contributed by atoms with E-state index in [4.69, 9.17) is 9.47 Å². The molecule has 0 aliphatic carbocycles. The van der Waals surface area contributed by atoms with Crippen LogP contribution in [0.2, 0.25) is 0 Å². The Morgan fingerprint density at radius 2 is 2.14 bits per heavy atom. The molecule has 0 spiro atoms.